The third-order valence-electron chi connectivity index (χ3n) is 4.07. The van der Waals surface area contributed by atoms with Gasteiger partial charge in [0.25, 0.3) is 10.2 Å². The molecule has 1 atom stereocenters. The lowest BCUT2D eigenvalue weighted by Gasteiger charge is -2.30. The van der Waals surface area contributed by atoms with E-state index >= 15 is 0 Å². The second kappa shape index (κ2) is 5.35. The van der Waals surface area contributed by atoms with Gasteiger partial charge in [0.15, 0.2) is 0 Å². The average molecular weight is 292 g/mol. The largest absolute Gasteiger partial charge is 0.481 e. The van der Waals surface area contributed by atoms with Crippen molar-refractivity contribution in [3.8, 4) is 0 Å². The van der Waals surface area contributed by atoms with Crippen molar-refractivity contribution < 1.29 is 23.1 Å². The summed E-state index contributed by atoms with van der Waals surface area (Å²) in [7, 11) is -3.55. The van der Waals surface area contributed by atoms with E-state index in [4.69, 9.17) is 4.74 Å². The fourth-order valence-electron chi connectivity index (χ4n) is 2.59. The Kier molecular flexibility index (Phi) is 4.14. The highest BCUT2D eigenvalue weighted by Gasteiger charge is 2.48. The summed E-state index contributed by atoms with van der Waals surface area (Å²) in [5.41, 5.74) is -0.931. The first-order chi connectivity index (χ1) is 8.92. The highest BCUT2D eigenvalue weighted by Crippen LogP contribution is 2.36. The van der Waals surface area contributed by atoms with E-state index in [9.17, 15) is 18.3 Å². The van der Waals surface area contributed by atoms with Crippen LogP contribution in [0.15, 0.2) is 0 Å². The minimum Gasteiger partial charge on any atom is -0.481 e. The molecule has 1 N–H and O–H groups in total. The number of hydrogen-bond donors (Lipinski definition) is 1. The molecule has 2 aliphatic heterocycles. The highest BCUT2D eigenvalue weighted by atomic mass is 32.2. The average Bonchev–Trinajstić information content (AvgIpc) is 2.86. The van der Waals surface area contributed by atoms with Crippen LogP contribution in [0.2, 0.25) is 0 Å². The fourth-order valence-corrected chi connectivity index (χ4v) is 4.26. The zero-order valence-electron chi connectivity index (χ0n) is 11.0. The van der Waals surface area contributed by atoms with Gasteiger partial charge < -0.3 is 9.84 Å². The van der Waals surface area contributed by atoms with Crippen molar-refractivity contribution in [3.05, 3.63) is 0 Å². The van der Waals surface area contributed by atoms with E-state index in [-0.39, 0.29) is 13.1 Å². The number of carboxylic acid groups (broad SMARTS) is 1. The zero-order valence-corrected chi connectivity index (χ0v) is 11.9. The normalized spacial score (nSPS) is 30.6. The third-order valence-corrected chi connectivity index (χ3v) is 6.05. The van der Waals surface area contributed by atoms with Gasteiger partial charge in [-0.15, -0.1) is 0 Å². The summed E-state index contributed by atoms with van der Waals surface area (Å²) >= 11 is 0. The quantitative estimate of drug-likeness (QED) is 0.772. The van der Waals surface area contributed by atoms with Gasteiger partial charge in [-0.1, -0.05) is 6.92 Å². The molecule has 19 heavy (non-hydrogen) atoms. The van der Waals surface area contributed by atoms with Crippen LogP contribution < -0.4 is 0 Å². The van der Waals surface area contributed by atoms with Crippen LogP contribution in [0.4, 0.5) is 0 Å². The van der Waals surface area contributed by atoms with Crippen molar-refractivity contribution in [3.63, 3.8) is 0 Å². The van der Waals surface area contributed by atoms with Crippen molar-refractivity contribution in [1.29, 1.82) is 0 Å². The first-order valence-electron chi connectivity index (χ1n) is 6.49. The van der Waals surface area contributed by atoms with Crippen molar-refractivity contribution >= 4 is 16.2 Å². The molecule has 2 fully saturated rings. The van der Waals surface area contributed by atoms with Gasteiger partial charge in [0, 0.05) is 26.2 Å². The van der Waals surface area contributed by atoms with E-state index in [1.807, 2.05) is 0 Å². The second-order valence-corrected chi connectivity index (χ2v) is 6.97. The molecular formula is C11H20N2O5S. The molecular weight excluding hydrogens is 272 g/mol. The molecule has 7 nitrogen and oxygen atoms in total. The van der Waals surface area contributed by atoms with Crippen molar-refractivity contribution in [2.24, 2.45) is 5.41 Å². The molecule has 110 valence electrons. The van der Waals surface area contributed by atoms with E-state index in [0.717, 1.165) is 0 Å². The molecule has 0 radical (unpaired) electrons. The van der Waals surface area contributed by atoms with Gasteiger partial charge in [0.05, 0.1) is 18.6 Å². The third kappa shape index (κ3) is 2.62. The van der Waals surface area contributed by atoms with E-state index < -0.39 is 21.6 Å². The van der Waals surface area contributed by atoms with Gasteiger partial charge in [0.1, 0.15) is 0 Å². The lowest BCUT2D eigenvalue weighted by atomic mass is 9.85. The van der Waals surface area contributed by atoms with Gasteiger partial charge in [-0.05, 0) is 12.8 Å². The summed E-state index contributed by atoms with van der Waals surface area (Å²) in [6.07, 6.45) is 0.819. The van der Waals surface area contributed by atoms with Gasteiger partial charge in [-0.2, -0.15) is 17.0 Å². The summed E-state index contributed by atoms with van der Waals surface area (Å²) in [4.78, 5) is 11.3. The van der Waals surface area contributed by atoms with Gasteiger partial charge in [0.2, 0.25) is 0 Å². The molecule has 2 aliphatic rings. The number of hydrogen-bond acceptors (Lipinski definition) is 4. The Labute approximate surface area is 113 Å². The number of nitrogens with zero attached hydrogens (tertiary/aromatic N) is 2. The Morgan fingerprint density at radius 1 is 1.26 bits per heavy atom. The Bertz CT molecular complexity index is 446. The molecule has 0 aromatic heterocycles. The number of carbonyl (C=O) groups is 1. The monoisotopic (exact) mass is 292 g/mol. The van der Waals surface area contributed by atoms with E-state index in [1.165, 1.54) is 8.61 Å². The fraction of sp³-hybridized carbons (Fsp3) is 0.909. The molecule has 2 heterocycles. The summed E-state index contributed by atoms with van der Waals surface area (Å²) < 4.78 is 32.7. The molecule has 0 amide bonds. The number of aliphatic carboxylic acids is 1. The molecule has 0 aliphatic carbocycles. The molecule has 2 rings (SSSR count). The van der Waals surface area contributed by atoms with Crippen molar-refractivity contribution in [2.75, 3.05) is 39.4 Å². The Morgan fingerprint density at radius 3 is 2.37 bits per heavy atom. The summed E-state index contributed by atoms with van der Waals surface area (Å²) in [6.45, 7) is 3.60. The van der Waals surface area contributed by atoms with Gasteiger partial charge in [-0.3, -0.25) is 4.79 Å². The second-order valence-electron chi connectivity index (χ2n) is 5.04. The molecule has 0 bridgehead atoms. The minimum absolute atomic E-state index is 0.0680. The van der Waals surface area contributed by atoms with Crippen LogP contribution in [0.25, 0.3) is 0 Å². The Morgan fingerprint density at radius 2 is 1.89 bits per heavy atom. The lowest BCUT2D eigenvalue weighted by molar-refractivity contribution is -0.148. The highest BCUT2D eigenvalue weighted by molar-refractivity contribution is 7.86. The van der Waals surface area contributed by atoms with E-state index in [2.05, 4.69) is 0 Å². The SMILES string of the molecule is CCC1(C(=O)O)CCN(S(=O)(=O)N2CCOCC2)C1. The number of ether oxygens (including phenoxy) is 1. The molecule has 0 aromatic rings. The topological polar surface area (TPSA) is 87.2 Å². The van der Waals surface area contributed by atoms with Crippen LogP contribution in [0.5, 0.6) is 0 Å². The molecule has 2 saturated heterocycles. The molecule has 0 aromatic carbocycles. The maximum absolute atomic E-state index is 12.4. The number of morpholine rings is 1. The predicted octanol–water partition coefficient (Wildman–Crippen LogP) is -0.250. The van der Waals surface area contributed by atoms with Crippen LogP contribution >= 0.6 is 0 Å². The van der Waals surface area contributed by atoms with E-state index in [1.54, 1.807) is 6.92 Å². The Hall–Kier alpha value is -0.700. The maximum Gasteiger partial charge on any atom is 0.311 e. The molecule has 1 unspecified atom stereocenters. The van der Waals surface area contributed by atoms with Crippen molar-refractivity contribution in [2.45, 2.75) is 19.8 Å². The lowest BCUT2D eigenvalue weighted by Crippen LogP contribution is -2.48. The smallest absolute Gasteiger partial charge is 0.311 e. The number of rotatable bonds is 4. The first kappa shape index (κ1) is 14.7. The van der Waals surface area contributed by atoms with Crippen LogP contribution in [0.1, 0.15) is 19.8 Å². The number of carboxylic acids is 1. The summed E-state index contributed by atoms with van der Waals surface area (Å²) in [6, 6.07) is 0. The predicted molar refractivity (Wildman–Crippen MR) is 67.9 cm³/mol. The standard InChI is InChI=1S/C11H20N2O5S/c1-2-11(10(14)15)3-4-13(9-11)19(16,17)12-5-7-18-8-6-12/h2-9H2,1H3,(H,14,15). The van der Waals surface area contributed by atoms with E-state index in [0.29, 0.717) is 39.1 Å². The maximum atomic E-state index is 12.4. The minimum atomic E-state index is -3.55. The van der Waals surface area contributed by atoms with Crippen LogP contribution in [-0.4, -0.2) is 67.5 Å². The molecule has 0 saturated carbocycles. The van der Waals surface area contributed by atoms with Gasteiger partial charge in [-0.25, -0.2) is 0 Å². The van der Waals surface area contributed by atoms with Crippen LogP contribution in [-0.2, 0) is 19.7 Å². The first-order valence-corrected chi connectivity index (χ1v) is 7.88. The van der Waals surface area contributed by atoms with Crippen LogP contribution in [0, 0.1) is 5.41 Å². The summed E-state index contributed by atoms with van der Waals surface area (Å²) in [5.74, 6) is -0.908. The van der Waals surface area contributed by atoms with Gasteiger partial charge >= 0.3 is 5.97 Å². The molecule has 0 spiro atoms. The summed E-state index contributed by atoms with van der Waals surface area (Å²) in [5, 5.41) is 9.30. The van der Waals surface area contributed by atoms with Crippen LogP contribution in [0.3, 0.4) is 0 Å². The Balaban J connectivity index is 2.13. The molecule has 8 heteroatoms. The zero-order chi connectivity index (χ0) is 14.1. The van der Waals surface area contributed by atoms with Crippen molar-refractivity contribution in [1.82, 2.24) is 8.61 Å².